The Morgan fingerprint density at radius 2 is 2.15 bits per heavy atom. The molecule has 3 N–H and O–H groups in total. The van der Waals surface area contributed by atoms with Crippen LogP contribution < -0.4 is 5.73 Å². The topological polar surface area (TPSA) is 62.1 Å². The monoisotopic (exact) mass is 299 g/mol. The summed E-state index contributed by atoms with van der Waals surface area (Å²) in [6.07, 6.45) is 0.737. The van der Waals surface area contributed by atoms with Gasteiger partial charge >= 0.3 is 0 Å². The SMILES string of the molecule is N[C@H]1CCN(C(=O)c2cc3cc(Cl)c(F)c(F)c3[nH]2)C1. The molecule has 0 bridgehead atoms. The van der Waals surface area contributed by atoms with Crippen LogP contribution in [0.25, 0.3) is 10.9 Å². The molecular formula is C13H12ClF2N3O. The first-order chi connectivity index (χ1) is 9.47. The van der Waals surface area contributed by atoms with Crippen molar-refractivity contribution in [3.05, 3.63) is 34.5 Å². The van der Waals surface area contributed by atoms with E-state index in [1.54, 1.807) is 4.90 Å². The van der Waals surface area contributed by atoms with Gasteiger partial charge in [-0.15, -0.1) is 0 Å². The number of hydrogen-bond donors (Lipinski definition) is 2. The highest BCUT2D eigenvalue weighted by Gasteiger charge is 2.26. The van der Waals surface area contributed by atoms with E-state index in [-0.39, 0.29) is 28.2 Å². The molecule has 2 aromatic rings. The predicted molar refractivity (Wildman–Crippen MR) is 71.7 cm³/mol. The largest absolute Gasteiger partial charge is 0.348 e. The maximum absolute atomic E-state index is 13.7. The van der Waals surface area contributed by atoms with E-state index in [2.05, 4.69) is 4.98 Å². The molecule has 0 unspecified atom stereocenters. The van der Waals surface area contributed by atoms with Gasteiger partial charge in [-0.25, -0.2) is 8.78 Å². The predicted octanol–water partition coefficient (Wildman–Crippen LogP) is 2.27. The zero-order valence-corrected chi connectivity index (χ0v) is 11.2. The van der Waals surface area contributed by atoms with Crippen LogP contribution in [0.5, 0.6) is 0 Å². The molecule has 0 aliphatic carbocycles. The molecule has 1 amide bonds. The van der Waals surface area contributed by atoms with Gasteiger partial charge in [0.2, 0.25) is 0 Å². The molecule has 1 aliphatic rings. The standard InChI is InChI=1S/C13H12ClF2N3O/c14-8-3-6-4-9(18-12(6)11(16)10(8)15)13(20)19-2-1-7(17)5-19/h3-4,7,18H,1-2,5,17H2/t7-/m0/s1. The minimum atomic E-state index is -1.12. The summed E-state index contributed by atoms with van der Waals surface area (Å²) >= 11 is 5.59. The van der Waals surface area contributed by atoms with Crippen molar-refractivity contribution in [1.82, 2.24) is 9.88 Å². The molecule has 7 heteroatoms. The highest BCUT2D eigenvalue weighted by molar-refractivity contribution is 6.31. The van der Waals surface area contributed by atoms with Gasteiger partial charge in [-0.3, -0.25) is 4.79 Å². The van der Waals surface area contributed by atoms with Gasteiger partial charge in [0.05, 0.1) is 10.5 Å². The Morgan fingerprint density at radius 1 is 1.40 bits per heavy atom. The Kier molecular flexibility index (Phi) is 3.14. The number of hydrogen-bond acceptors (Lipinski definition) is 2. The number of amides is 1. The second kappa shape index (κ2) is 4.71. The maximum atomic E-state index is 13.7. The molecule has 1 aromatic heterocycles. The lowest BCUT2D eigenvalue weighted by molar-refractivity contribution is 0.0786. The van der Waals surface area contributed by atoms with E-state index in [0.717, 1.165) is 6.42 Å². The van der Waals surface area contributed by atoms with Crippen LogP contribution in [-0.4, -0.2) is 34.9 Å². The Morgan fingerprint density at radius 3 is 2.80 bits per heavy atom. The van der Waals surface area contributed by atoms with E-state index in [1.807, 2.05) is 0 Å². The number of halogens is 3. The van der Waals surface area contributed by atoms with Crippen molar-refractivity contribution in [3.63, 3.8) is 0 Å². The number of carbonyl (C=O) groups is 1. The van der Waals surface area contributed by atoms with Gasteiger partial charge in [-0.1, -0.05) is 11.6 Å². The van der Waals surface area contributed by atoms with E-state index in [0.29, 0.717) is 18.5 Å². The average Bonchev–Trinajstić information content (AvgIpc) is 3.02. The van der Waals surface area contributed by atoms with Crippen LogP contribution in [0, 0.1) is 11.6 Å². The summed E-state index contributed by atoms with van der Waals surface area (Å²) in [4.78, 5) is 16.4. The van der Waals surface area contributed by atoms with E-state index in [4.69, 9.17) is 17.3 Å². The quantitative estimate of drug-likeness (QED) is 0.794. The third-order valence-electron chi connectivity index (χ3n) is 3.49. The van der Waals surface area contributed by atoms with Crippen molar-refractivity contribution in [1.29, 1.82) is 0 Å². The number of aromatic nitrogens is 1. The number of aromatic amines is 1. The van der Waals surface area contributed by atoms with Gasteiger partial charge in [0.1, 0.15) is 5.69 Å². The normalized spacial score (nSPS) is 19.0. The molecule has 0 radical (unpaired) electrons. The molecule has 1 aromatic carbocycles. The molecule has 106 valence electrons. The summed E-state index contributed by atoms with van der Waals surface area (Å²) in [5.41, 5.74) is 5.90. The number of nitrogens with zero attached hydrogens (tertiary/aromatic N) is 1. The van der Waals surface area contributed by atoms with Gasteiger partial charge < -0.3 is 15.6 Å². The summed E-state index contributed by atoms with van der Waals surface area (Å²) in [6, 6.07) is 2.72. The lowest BCUT2D eigenvalue weighted by Gasteiger charge is -2.14. The van der Waals surface area contributed by atoms with Crippen molar-refractivity contribution >= 4 is 28.4 Å². The number of carbonyl (C=O) groups excluding carboxylic acids is 1. The van der Waals surface area contributed by atoms with Crippen LogP contribution in [0.2, 0.25) is 5.02 Å². The number of nitrogens with two attached hydrogens (primary N) is 1. The third kappa shape index (κ3) is 2.05. The minimum Gasteiger partial charge on any atom is -0.348 e. The summed E-state index contributed by atoms with van der Waals surface area (Å²) in [7, 11) is 0. The maximum Gasteiger partial charge on any atom is 0.270 e. The molecule has 4 nitrogen and oxygen atoms in total. The zero-order valence-electron chi connectivity index (χ0n) is 10.4. The summed E-state index contributed by atoms with van der Waals surface area (Å²) in [5.74, 6) is -2.47. The number of H-pyrrole nitrogens is 1. The molecular weight excluding hydrogens is 288 g/mol. The number of nitrogens with one attached hydrogen (secondary N) is 1. The molecule has 1 fully saturated rings. The van der Waals surface area contributed by atoms with Crippen molar-refractivity contribution in [2.45, 2.75) is 12.5 Å². The summed E-state index contributed by atoms with van der Waals surface area (Å²) in [5, 5.41) is 0.0527. The highest BCUT2D eigenvalue weighted by atomic mass is 35.5. The molecule has 0 saturated carbocycles. The molecule has 0 spiro atoms. The molecule has 1 aliphatic heterocycles. The molecule has 1 saturated heterocycles. The van der Waals surface area contributed by atoms with Crippen molar-refractivity contribution in [3.8, 4) is 0 Å². The Bertz CT molecular complexity index is 700. The fourth-order valence-electron chi connectivity index (χ4n) is 2.44. The van der Waals surface area contributed by atoms with Gasteiger partial charge in [0.25, 0.3) is 5.91 Å². The Balaban J connectivity index is 2.01. The van der Waals surface area contributed by atoms with Crippen LogP contribution in [0.1, 0.15) is 16.9 Å². The minimum absolute atomic E-state index is 0.0352. The number of likely N-dealkylation sites (tertiary alicyclic amines) is 1. The van der Waals surface area contributed by atoms with E-state index in [9.17, 15) is 13.6 Å². The zero-order chi connectivity index (χ0) is 14.4. The molecule has 2 heterocycles. The smallest absolute Gasteiger partial charge is 0.270 e. The van der Waals surface area contributed by atoms with E-state index < -0.39 is 11.6 Å². The number of benzene rings is 1. The van der Waals surface area contributed by atoms with Crippen LogP contribution >= 0.6 is 11.6 Å². The first-order valence-electron chi connectivity index (χ1n) is 6.18. The van der Waals surface area contributed by atoms with Crippen LogP contribution in [0.3, 0.4) is 0 Å². The van der Waals surface area contributed by atoms with Crippen LogP contribution in [0.4, 0.5) is 8.78 Å². The van der Waals surface area contributed by atoms with Crippen molar-refractivity contribution < 1.29 is 13.6 Å². The lowest BCUT2D eigenvalue weighted by atomic mass is 10.2. The summed E-state index contributed by atoms with van der Waals surface area (Å²) in [6.45, 7) is 1.03. The highest BCUT2D eigenvalue weighted by Crippen LogP contribution is 2.27. The van der Waals surface area contributed by atoms with E-state index >= 15 is 0 Å². The fraction of sp³-hybridized carbons (Fsp3) is 0.308. The lowest BCUT2D eigenvalue weighted by Crippen LogP contribution is -2.32. The summed E-state index contributed by atoms with van der Waals surface area (Å²) < 4.78 is 27.1. The molecule has 20 heavy (non-hydrogen) atoms. The Labute approximate surface area is 118 Å². The second-order valence-electron chi connectivity index (χ2n) is 4.93. The van der Waals surface area contributed by atoms with Crippen molar-refractivity contribution in [2.75, 3.05) is 13.1 Å². The average molecular weight is 300 g/mol. The van der Waals surface area contributed by atoms with Gasteiger partial charge in [0.15, 0.2) is 11.6 Å². The fourth-order valence-corrected chi connectivity index (χ4v) is 2.64. The van der Waals surface area contributed by atoms with Crippen LogP contribution in [-0.2, 0) is 0 Å². The van der Waals surface area contributed by atoms with Gasteiger partial charge in [-0.05, 0) is 18.6 Å². The van der Waals surface area contributed by atoms with Gasteiger partial charge in [-0.2, -0.15) is 0 Å². The number of fused-ring (bicyclic) bond motifs is 1. The molecule has 3 rings (SSSR count). The second-order valence-corrected chi connectivity index (χ2v) is 5.34. The third-order valence-corrected chi connectivity index (χ3v) is 3.77. The molecule has 1 atom stereocenters. The van der Waals surface area contributed by atoms with Gasteiger partial charge in [0, 0.05) is 24.5 Å². The first kappa shape index (κ1) is 13.3. The number of rotatable bonds is 1. The van der Waals surface area contributed by atoms with Crippen LogP contribution in [0.15, 0.2) is 12.1 Å². The van der Waals surface area contributed by atoms with Crippen molar-refractivity contribution in [2.24, 2.45) is 5.73 Å². The first-order valence-corrected chi connectivity index (χ1v) is 6.56. The van der Waals surface area contributed by atoms with E-state index in [1.165, 1.54) is 12.1 Å². The Hall–Kier alpha value is -1.66.